The summed E-state index contributed by atoms with van der Waals surface area (Å²) in [4.78, 5) is 26.0. The molecule has 0 aromatic heterocycles. The number of piperidine rings is 1. The van der Waals surface area contributed by atoms with Gasteiger partial charge in [-0.15, -0.1) is 0 Å². The number of rotatable bonds is 9. The molecular formula is C23H30N4O5S. The predicted octanol–water partition coefficient (Wildman–Crippen LogP) is 3.55. The summed E-state index contributed by atoms with van der Waals surface area (Å²) in [7, 11) is -3.54. The average molecular weight is 475 g/mol. The molecule has 0 bridgehead atoms. The molecule has 2 aromatic carbocycles. The van der Waals surface area contributed by atoms with Crippen LogP contribution in [-0.4, -0.2) is 49.7 Å². The zero-order valence-corrected chi connectivity index (χ0v) is 19.8. The number of anilines is 1. The van der Waals surface area contributed by atoms with Crippen molar-refractivity contribution >= 4 is 27.3 Å². The van der Waals surface area contributed by atoms with Crippen molar-refractivity contribution in [1.82, 2.24) is 9.62 Å². The third-order valence-corrected chi connectivity index (χ3v) is 7.91. The Kier molecular flexibility index (Phi) is 8.04. The normalized spacial score (nSPS) is 14.3. The lowest BCUT2D eigenvalue weighted by Gasteiger charge is -2.28. The highest BCUT2D eigenvalue weighted by molar-refractivity contribution is 7.89. The quantitative estimate of drug-likeness (QED) is 0.439. The molecule has 1 aliphatic rings. The zero-order valence-electron chi connectivity index (χ0n) is 19.0. The fourth-order valence-corrected chi connectivity index (χ4v) is 5.45. The van der Waals surface area contributed by atoms with Crippen molar-refractivity contribution in [2.75, 3.05) is 31.1 Å². The van der Waals surface area contributed by atoms with Crippen LogP contribution in [0.3, 0.4) is 0 Å². The number of sulfonamides is 1. The fourth-order valence-electron chi connectivity index (χ4n) is 3.99. The second-order valence-electron chi connectivity index (χ2n) is 7.92. The van der Waals surface area contributed by atoms with E-state index in [2.05, 4.69) is 5.32 Å². The number of nitrogens with zero attached hydrogens (tertiary/aromatic N) is 3. The fraction of sp³-hybridized carbons (Fsp3) is 0.435. The summed E-state index contributed by atoms with van der Waals surface area (Å²) < 4.78 is 26.5. The highest BCUT2D eigenvalue weighted by atomic mass is 32.2. The first-order valence-corrected chi connectivity index (χ1v) is 12.6. The van der Waals surface area contributed by atoms with Crippen molar-refractivity contribution in [2.24, 2.45) is 0 Å². The van der Waals surface area contributed by atoms with E-state index < -0.39 is 20.9 Å². The third kappa shape index (κ3) is 5.69. The van der Waals surface area contributed by atoms with Gasteiger partial charge in [-0.1, -0.05) is 26.0 Å². The first-order valence-electron chi connectivity index (χ1n) is 11.2. The average Bonchev–Trinajstić information content (AvgIpc) is 2.83. The maximum absolute atomic E-state index is 12.6. The summed E-state index contributed by atoms with van der Waals surface area (Å²) in [6.45, 7) is 6.06. The molecule has 0 saturated carbocycles. The lowest BCUT2D eigenvalue weighted by atomic mass is 10.1. The summed E-state index contributed by atoms with van der Waals surface area (Å²) >= 11 is 0. The van der Waals surface area contributed by atoms with Crippen molar-refractivity contribution in [3.05, 3.63) is 63.7 Å². The third-order valence-electron chi connectivity index (χ3n) is 5.85. The zero-order chi connectivity index (χ0) is 24.0. The van der Waals surface area contributed by atoms with Crippen LogP contribution in [0.25, 0.3) is 0 Å². The molecule has 1 saturated heterocycles. The molecular weight excluding hydrogens is 444 g/mol. The van der Waals surface area contributed by atoms with Crippen LogP contribution in [0.4, 0.5) is 11.4 Å². The van der Waals surface area contributed by atoms with Crippen molar-refractivity contribution < 1.29 is 18.1 Å². The summed E-state index contributed by atoms with van der Waals surface area (Å²) in [6.07, 6.45) is 3.11. The Hall–Kier alpha value is -2.98. The van der Waals surface area contributed by atoms with Crippen LogP contribution in [0, 0.1) is 10.1 Å². The first kappa shape index (κ1) is 24.7. The number of hydrogen-bond acceptors (Lipinski definition) is 6. The van der Waals surface area contributed by atoms with Gasteiger partial charge in [0.25, 0.3) is 11.6 Å². The van der Waals surface area contributed by atoms with E-state index in [0.29, 0.717) is 18.8 Å². The first-order chi connectivity index (χ1) is 15.8. The predicted molar refractivity (Wildman–Crippen MR) is 127 cm³/mol. The number of nitro groups is 1. The molecule has 33 heavy (non-hydrogen) atoms. The van der Waals surface area contributed by atoms with Gasteiger partial charge in [0.1, 0.15) is 5.69 Å². The Morgan fingerprint density at radius 3 is 2.27 bits per heavy atom. The van der Waals surface area contributed by atoms with Crippen LogP contribution >= 0.6 is 0 Å². The van der Waals surface area contributed by atoms with Gasteiger partial charge < -0.3 is 10.2 Å². The van der Waals surface area contributed by atoms with E-state index >= 15 is 0 Å². The maximum atomic E-state index is 12.6. The minimum Gasteiger partial charge on any atom is -0.366 e. The minimum atomic E-state index is -3.54. The molecule has 1 heterocycles. The van der Waals surface area contributed by atoms with E-state index in [-0.39, 0.29) is 22.7 Å². The van der Waals surface area contributed by atoms with E-state index in [4.69, 9.17) is 0 Å². The number of carbonyl (C=O) groups is 1. The van der Waals surface area contributed by atoms with Crippen LogP contribution in [0.5, 0.6) is 0 Å². The van der Waals surface area contributed by atoms with Crippen molar-refractivity contribution in [2.45, 2.75) is 44.6 Å². The second kappa shape index (κ2) is 10.8. The second-order valence-corrected chi connectivity index (χ2v) is 9.86. The molecule has 0 atom stereocenters. The number of nitrogens with one attached hydrogen (secondary N) is 1. The Balaban J connectivity index is 1.69. The van der Waals surface area contributed by atoms with Crippen LogP contribution in [0.15, 0.2) is 47.4 Å². The summed E-state index contributed by atoms with van der Waals surface area (Å²) in [5.74, 6) is -0.428. The molecule has 178 valence electrons. The lowest BCUT2D eigenvalue weighted by Crippen LogP contribution is -2.30. The van der Waals surface area contributed by atoms with Crippen molar-refractivity contribution in [3.63, 3.8) is 0 Å². The van der Waals surface area contributed by atoms with Gasteiger partial charge in [-0.3, -0.25) is 14.9 Å². The van der Waals surface area contributed by atoms with Gasteiger partial charge in [0.2, 0.25) is 10.0 Å². The van der Waals surface area contributed by atoms with Crippen LogP contribution in [0.2, 0.25) is 0 Å². The molecule has 0 radical (unpaired) electrons. The van der Waals surface area contributed by atoms with Gasteiger partial charge in [0, 0.05) is 44.4 Å². The smallest absolute Gasteiger partial charge is 0.293 e. The molecule has 1 N–H and O–H groups in total. The molecule has 0 aliphatic carbocycles. The molecule has 1 aliphatic heterocycles. The number of benzene rings is 2. The molecule has 1 amide bonds. The maximum Gasteiger partial charge on any atom is 0.293 e. The summed E-state index contributed by atoms with van der Waals surface area (Å²) in [6, 6.07) is 10.9. The molecule has 1 fully saturated rings. The summed E-state index contributed by atoms with van der Waals surface area (Å²) in [5.41, 5.74) is 1.40. The van der Waals surface area contributed by atoms with Crippen molar-refractivity contribution in [1.29, 1.82) is 0 Å². The number of hydrogen-bond donors (Lipinski definition) is 1. The topological polar surface area (TPSA) is 113 Å². The monoisotopic (exact) mass is 474 g/mol. The van der Waals surface area contributed by atoms with Gasteiger partial charge in [-0.2, -0.15) is 4.31 Å². The Bertz CT molecular complexity index is 1090. The Morgan fingerprint density at radius 1 is 1.06 bits per heavy atom. The van der Waals surface area contributed by atoms with Crippen molar-refractivity contribution in [3.8, 4) is 0 Å². The van der Waals surface area contributed by atoms with Gasteiger partial charge in [-0.25, -0.2) is 8.42 Å². The highest BCUT2D eigenvalue weighted by Gasteiger charge is 2.23. The number of carbonyl (C=O) groups excluding carboxylic acids is 1. The minimum absolute atomic E-state index is 0.0736. The molecule has 10 heteroatoms. The lowest BCUT2D eigenvalue weighted by molar-refractivity contribution is -0.384. The Labute approximate surface area is 194 Å². The number of nitro benzene ring substituents is 1. The molecule has 3 rings (SSSR count). The van der Waals surface area contributed by atoms with Crippen LogP contribution in [-0.2, 0) is 16.6 Å². The molecule has 0 unspecified atom stereocenters. The Morgan fingerprint density at radius 2 is 1.70 bits per heavy atom. The molecule has 9 nitrogen and oxygen atoms in total. The van der Waals surface area contributed by atoms with E-state index in [1.807, 2.05) is 4.90 Å². The van der Waals surface area contributed by atoms with Crippen LogP contribution < -0.4 is 10.2 Å². The van der Waals surface area contributed by atoms with Gasteiger partial charge in [0.05, 0.1) is 9.82 Å². The molecule has 2 aromatic rings. The largest absolute Gasteiger partial charge is 0.366 e. The van der Waals surface area contributed by atoms with E-state index in [1.54, 1.807) is 38.1 Å². The van der Waals surface area contributed by atoms with Crippen LogP contribution in [0.1, 0.15) is 49.0 Å². The van der Waals surface area contributed by atoms with E-state index in [1.165, 1.54) is 22.5 Å². The van der Waals surface area contributed by atoms with Gasteiger partial charge >= 0.3 is 0 Å². The SMILES string of the molecule is CCN(CC)S(=O)(=O)c1ccc(CNC(=O)c2ccc(N3CCCCC3)c([N+](=O)[O-])c2)cc1. The highest BCUT2D eigenvalue weighted by Crippen LogP contribution is 2.31. The van der Waals surface area contributed by atoms with Gasteiger partial charge in [0.15, 0.2) is 0 Å². The van der Waals surface area contributed by atoms with E-state index in [9.17, 15) is 23.3 Å². The van der Waals surface area contributed by atoms with Gasteiger partial charge in [-0.05, 0) is 49.1 Å². The molecule has 0 spiro atoms. The standard InChI is InChI=1S/C23H30N4O5S/c1-3-26(4-2)33(31,32)20-11-8-18(9-12-20)17-24-23(28)19-10-13-21(22(16-19)27(29)30)25-14-6-5-7-15-25/h8-13,16H,3-7,14-15,17H2,1-2H3,(H,24,28). The van der Waals surface area contributed by atoms with E-state index in [0.717, 1.165) is 37.9 Å². The number of amides is 1. The summed E-state index contributed by atoms with van der Waals surface area (Å²) in [5, 5.41) is 14.4.